The van der Waals surface area contributed by atoms with Gasteiger partial charge in [-0.05, 0) is 18.4 Å². The number of hydrogen-bond donors (Lipinski definition) is 3. The Kier molecular flexibility index (Phi) is 4.61. The van der Waals surface area contributed by atoms with Crippen molar-refractivity contribution >= 4 is 28.6 Å². The predicted octanol–water partition coefficient (Wildman–Crippen LogP) is 1.93. The molecular weight excluding hydrogens is 320 g/mol. The molecule has 7 nitrogen and oxygen atoms in total. The van der Waals surface area contributed by atoms with Crippen molar-refractivity contribution < 1.29 is 14.7 Å². The number of rotatable bonds is 4. The number of pyridine rings is 1. The lowest BCUT2D eigenvalue weighted by Gasteiger charge is -2.38. The Hall–Kier alpha value is -3.01. The maximum Gasteiger partial charge on any atom is 0.339 e. The molecule has 2 atom stereocenters. The molecule has 3 N–H and O–H groups in total. The van der Waals surface area contributed by atoms with Gasteiger partial charge in [-0.1, -0.05) is 12.8 Å². The summed E-state index contributed by atoms with van der Waals surface area (Å²) < 4.78 is 0. The number of fused-ring (bicyclic) bond motifs is 1. The zero-order valence-corrected chi connectivity index (χ0v) is 14.0. The first-order chi connectivity index (χ1) is 12.0. The van der Waals surface area contributed by atoms with Crippen LogP contribution in [0.15, 0.2) is 18.5 Å². The Labute approximate surface area is 145 Å². The Bertz CT molecular complexity index is 852. The van der Waals surface area contributed by atoms with Gasteiger partial charge in [0.2, 0.25) is 5.91 Å². The van der Waals surface area contributed by atoms with Crippen LogP contribution in [0.25, 0.3) is 11.0 Å². The molecule has 1 aliphatic heterocycles. The minimum absolute atomic E-state index is 0.0610. The summed E-state index contributed by atoms with van der Waals surface area (Å²) in [6, 6.07) is 1.74. The zero-order chi connectivity index (χ0) is 18.0. The van der Waals surface area contributed by atoms with Crippen molar-refractivity contribution in [1.29, 1.82) is 0 Å². The lowest BCUT2D eigenvalue weighted by molar-refractivity contribution is -0.131. The summed E-state index contributed by atoms with van der Waals surface area (Å²) in [5.41, 5.74) is 1.27. The summed E-state index contributed by atoms with van der Waals surface area (Å²) >= 11 is 0. The average Bonchev–Trinajstić information content (AvgIpc) is 3.06. The number of piperidine rings is 1. The van der Waals surface area contributed by atoms with Gasteiger partial charge in [-0.25, -0.2) is 9.78 Å². The maximum atomic E-state index is 12.1. The van der Waals surface area contributed by atoms with Gasteiger partial charge in [-0.2, -0.15) is 0 Å². The quantitative estimate of drug-likeness (QED) is 0.739. The van der Waals surface area contributed by atoms with E-state index in [0.29, 0.717) is 30.3 Å². The number of carboxylic acids is 1. The molecule has 130 valence electrons. The van der Waals surface area contributed by atoms with Crippen molar-refractivity contribution in [3.8, 4) is 12.3 Å². The fraction of sp³-hybridized carbons (Fsp3) is 0.389. The highest BCUT2D eigenvalue weighted by Gasteiger charge is 2.30. The van der Waals surface area contributed by atoms with E-state index in [4.69, 9.17) is 6.42 Å². The highest BCUT2D eigenvalue weighted by Crippen LogP contribution is 2.29. The number of nitrogens with zero attached hydrogens (tertiary/aromatic N) is 2. The van der Waals surface area contributed by atoms with Crippen LogP contribution in [0, 0.1) is 18.3 Å². The molecule has 7 heteroatoms. The number of hydrogen-bond acceptors (Lipinski definition) is 4. The fourth-order valence-corrected chi connectivity index (χ4v) is 3.19. The van der Waals surface area contributed by atoms with Gasteiger partial charge in [0.05, 0.1) is 12.1 Å². The number of likely N-dealkylation sites (tertiary alicyclic amines) is 1. The van der Waals surface area contributed by atoms with Crippen molar-refractivity contribution in [3.05, 3.63) is 24.0 Å². The molecular formula is C18H20N4O3. The van der Waals surface area contributed by atoms with Gasteiger partial charge in [0.15, 0.2) is 0 Å². The predicted molar refractivity (Wildman–Crippen MR) is 94.3 cm³/mol. The molecule has 3 heterocycles. The maximum absolute atomic E-state index is 12.1. The molecule has 0 aromatic carbocycles. The first-order valence-electron chi connectivity index (χ1n) is 8.18. The van der Waals surface area contributed by atoms with E-state index in [1.165, 1.54) is 6.20 Å². The molecule has 3 rings (SSSR count). The highest BCUT2D eigenvalue weighted by molar-refractivity contribution is 6.03. The number of carbonyl (C=O) groups is 2. The molecule has 2 aromatic rings. The number of amides is 1. The standard InChI is InChI=1S/C18H20N4O3/c1-3-4-15(23)22-8-6-11(2)14(10-22)21-16-12-5-7-19-17(12)20-9-13(16)18(24)25/h1,5,7,9,11,14H,4,6,8,10H2,2H3,(H,24,25)(H2,19,20,21)/t11-,14?/m1/s1. The number of terminal acetylenes is 1. The third-order valence-electron chi connectivity index (χ3n) is 4.71. The Morgan fingerprint density at radius 1 is 1.56 bits per heavy atom. The molecule has 0 aliphatic carbocycles. The van der Waals surface area contributed by atoms with Gasteiger partial charge >= 0.3 is 5.97 Å². The number of aromatic carboxylic acids is 1. The van der Waals surface area contributed by atoms with E-state index in [9.17, 15) is 14.7 Å². The lowest BCUT2D eigenvalue weighted by atomic mass is 9.92. The highest BCUT2D eigenvalue weighted by atomic mass is 16.4. The third kappa shape index (κ3) is 3.29. The molecule has 1 unspecified atom stereocenters. The van der Waals surface area contributed by atoms with Crippen LogP contribution in [0.2, 0.25) is 0 Å². The SMILES string of the molecule is C#CCC(=O)N1CC[C@@H](C)C(Nc2c(C(=O)O)cnc3[nH]ccc23)C1. The molecule has 25 heavy (non-hydrogen) atoms. The molecule has 1 amide bonds. The minimum atomic E-state index is -1.04. The molecule has 0 saturated carbocycles. The van der Waals surface area contributed by atoms with Crippen LogP contribution in [-0.4, -0.2) is 51.0 Å². The molecule has 1 saturated heterocycles. The number of carbonyl (C=O) groups excluding carboxylic acids is 1. The van der Waals surface area contributed by atoms with Gasteiger partial charge in [0.1, 0.15) is 11.2 Å². The number of H-pyrrole nitrogens is 1. The van der Waals surface area contributed by atoms with E-state index in [1.807, 2.05) is 0 Å². The summed E-state index contributed by atoms with van der Waals surface area (Å²) in [4.78, 5) is 32.6. The van der Waals surface area contributed by atoms with E-state index >= 15 is 0 Å². The molecule has 1 aliphatic rings. The fourth-order valence-electron chi connectivity index (χ4n) is 3.19. The van der Waals surface area contributed by atoms with Crippen LogP contribution < -0.4 is 5.32 Å². The first kappa shape index (κ1) is 16.8. The smallest absolute Gasteiger partial charge is 0.339 e. The second kappa shape index (κ2) is 6.85. The monoisotopic (exact) mass is 340 g/mol. The molecule has 1 fully saturated rings. The van der Waals surface area contributed by atoms with Gasteiger partial charge in [0.25, 0.3) is 0 Å². The van der Waals surface area contributed by atoms with Crippen LogP contribution in [0.1, 0.15) is 30.1 Å². The van der Waals surface area contributed by atoms with Gasteiger partial charge in [0, 0.05) is 36.9 Å². The van der Waals surface area contributed by atoms with Crippen molar-refractivity contribution in [2.45, 2.75) is 25.8 Å². The van der Waals surface area contributed by atoms with E-state index < -0.39 is 5.97 Å². The average molecular weight is 340 g/mol. The molecule has 2 aromatic heterocycles. The number of anilines is 1. The summed E-state index contributed by atoms with van der Waals surface area (Å²) in [6.45, 7) is 3.26. The van der Waals surface area contributed by atoms with Crippen LogP contribution >= 0.6 is 0 Å². The van der Waals surface area contributed by atoms with Crippen molar-refractivity contribution in [1.82, 2.24) is 14.9 Å². The zero-order valence-electron chi connectivity index (χ0n) is 14.0. The Morgan fingerprint density at radius 3 is 3.08 bits per heavy atom. The summed E-state index contributed by atoms with van der Waals surface area (Å²) in [7, 11) is 0. The second-order valence-electron chi connectivity index (χ2n) is 6.33. The van der Waals surface area contributed by atoms with E-state index in [-0.39, 0.29) is 23.9 Å². The van der Waals surface area contributed by atoms with Crippen LogP contribution in [0.5, 0.6) is 0 Å². The van der Waals surface area contributed by atoms with Gasteiger partial charge < -0.3 is 20.3 Å². The van der Waals surface area contributed by atoms with Crippen molar-refractivity contribution in [2.24, 2.45) is 5.92 Å². The Morgan fingerprint density at radius 2 is 2.36 bits per heavy atom. The number of nitrogens with one attached hydrogen (secondary N) is 2. The van der Waals surface area contributed by atoms with Gasteiger partial charge in [-0.15, -0.1) is 6.42 Å². The first-order valence-corrected chi connectivity index (χ1v) is 8.18. The summed E-state index contributed by atoms with van der Waals surface area (Å²) in [5.74, 6) is 1.57. The van der Waals surface area contributed by atoms with Crippen molar-refractivity contribution in [3.63, 3.8) is 0 Å². The van der Waals surface area contributed by atoms with Crippen molar-refractivity contribution in [2.75, 3.05) is 18.4 Å². The lowest BCUT2D eigenvalue weighted by Crippen LogP contribution is -2.49. The van der Waals surface area contributed by atoms with Crippen LogP contribution in [-0.2, 0) is 4.79 Å². The largest absolute Gasteiger partial charge is 0.478 e. The van der Waals surface area contributed by atoms with E-state index in [2.05, 4.69) is 28.1 Å². The normalized spacial score (nSPS) is 20.2. The Balaban J connectivity index is 1.90. The molecule has 0 spiro atoms. The second-order valence-corrected chi connectivity index (χ2v) is 6.33. The summed E-state index contributed by atoms with van der Waals surface area (Å²) in [6.07, 6.45) is 9.22. The number of aromatic amines is 1. The number of aromatic nitrogens is 2. The van der Waals surface area contributed by atoms with Crippen LogP contribution in [0.3, 0.4) is 0 Å². The number of carboxylic acid groups (broad SMARTS) is 1. The van der Waals surface area contributed by atoms with E-state index in [1.54, 1.807) is 17.2 Å². The molecule has 0 radical (unpaired) electrons. The van der Waals surface area contributed by atoms with Crippen LogP contribution in [0.4, 0.5) is 5.69 Å². The third-order valence-corrected chi connectivity index (χ3v) is 4.71. The minimum Gasteiger partial charge on any atom is -0.478 e. The van der Waals surface area contributed by atoms with Gasteiger partial charge in [-0.3, -0.25) is 4.79 Å². The summed E-state index contributed by atoms with van der Waals surface area (Å²) in [5, 5.41) is 13.6. The topological polar surface area (TPSA) is 98.3 Å². The molecule has 0 bridgehead atoms. The van der Waals surface area contributed by atoms with E-state index in [0.717, 1.165) is 11.8 Å².